The quantitative estimate of drug-likeness (QED) is 0.551. The van der Waals surface area contributed by atoms with Gasteiger partial charge in [0.1, 0.15) is 23.7 Å². The van der Waals surface area contributed by atoms with Crippen LogP contribution in [-0.2, 0) is 17.2 Å². The normalized spacial score (nSPS) is 11.7. The van der Waals surface area contributed by atoms with E-state index in [0.717, 1.165) is 17.4 Å². The highest BCUT2D eigenvalue weighted by Crippen LogP contribution is 2.33. The Hall–Kier alpha value is -3.20. The van der Waals surface area contributed by atoms with Crippen LogP contribution in [0.4, 0.5) is 21.6 Å². The van der Waals surface area contributed by atoms with Crippen molar-refractivity contribution in [1.82, 2.24) is 15.3 Å². The average Bonchev–Trinajstić information content (AvgIpc) is 2.73. The summed E-state index contributed by atoms with van der Waals surface area (Å²) in [6.07, 6.45) is 2.22. The monoisotopic (exact) mass is 427 g/mol. The summed E-state index contributed by atoms with van der Waals surface area (Å²) in [5, 5.41) is 6.76. The van der Waals surface area contributed by atoms with Crippen LogP contribution in [0.5, 0.6) is 5.75 Å². The molecule has 0 aliphatic rings. The Labute approximate surface area is 179 Å². The van der Waals surface area contributed by atoms with E-state index >= 15 is 0 Å². The molecule has 0 saturated heterocycles. The Kier molecular flexibility index (Phi) is 6.83. The number of hydrogen-bond donors (Lipinski definition) is 2. The number of carbonyl (C=O) groups is 1. The van der Waals surface area contributed by atoms with Gasteiger partial charge in [-0.25, -0.2) is 14.4 Å². The van der Waals surface area contributed by atoms with Crippen LogP contribution in [0, 0.1) is 12.7 Å². The van der Waals surface area contributed by atoms with Crippen molar-refractivity contribution >= 4 is 46.4 Å². The maximum absolute atomic E-state index is 13.8. The Bertz CT molecular complexity index is 1090. The summed E-state index contributed by atoms with van der Waals surface area (Å²) < 4.78 is 23.2. The molecule has 9 heteroatoms. The second-order valence-electron chi connectivity index (χ2n) is 6.90. The van der Waals surface area contributed by atoms with Crippen molar-refractivity contribution in [2.75, 3.05) is 11.9 Å². The number of anilines is 2. The molecule has 1 amide bonds. The van der Waals surface area contributed by atoms with Crippen LogP contribution in [0.25, 0.3) is 10.9 Å². The fourth-order valence-corrected chi connectivity index (χ4v) is 3.03. The first-order chi connectivity index (χ1) is 14.4. The van der Waals surface area contributed by atoms with Crippen LogP contribution >= 0.6 is 0 Å². The molecule has 156 valence electrons. The fourth-order valence-electron chi connectivity index (χ4n) is 2.93. The molecule has 1 unspecified atom stereocenters. The molecular weight excluding hydrogens is 405 g/mol. The summed E-state index contributed by atoms with van der Waals surface area (Å²) in [6, 6.07) is 7.71. The molecule has 0 spiro atoms. The highest BCUT2D eigenvalue weighted by atomic mass is 32.1. The van der Waals surface area contributed by atoms with Crippen molar-refractivity contribution in [3.8, 4) is 5.75 Å². The van der Waals surface area contributed by atoms with E-state index in [1.54, 1.807) is 6.07 Å². The zero-order valence-electron chi connectivity index (χ0n) is 16.9. The highest BCUT2D eigenvalue weighted by molar-refractivity contribution is 7.47. The second kappa shape index (κ2) is 9.53. The maximum atomic E-state index is 13.8. The lowest BCUT2D eigenvalue weighted by Gasteiger charge is -2.16. The first-order valence-electron chi connectivity index (χ1n) is 9.48. The van der Waals surface area contributed by atoms with E-state index in [0.29, 0.717) is 22.7 Å². The summed E-state index contributed by atoms with van der Waals surface area (Å²) in [7, 11) is 0. The first-order valence-corrected chi connectivity index (χ1v) is 9.85. The number of amides is 1. The average molecular weight is 428 g/mol. The van der Waals surface area contributed by atoms with Gasteiger partial charge in [0.05, 0.1) is 16.9 Å². The lowest BCUT2D eigenvalue weighted by molar-refractivity contribution is -0.123. The molecule has 7 nitrogen and oxygen atoms in total. The smallest absolute Gasteiger partial charge is 0.258 e. The molecule has 1 aromatic heterocycles. The Morgan fingerprint density at radius 2 is 2.10 bits per heavy atom. The molecule has 0 saturated carbocycles. The number of rotatable bonds is 8. The van der Waals surface area contributed by atoms with Gasteiger partial charge in [-0.2, -0.15) is 4.36 Å². The third kappa shape index (κ3) is 5.04. The minimum Gasteiger partial charge on any atom is -0.481 e. The van der Waals surface area contributed by atoms with Crippen molar-refractivity contribution in [2.24, 2.45) is 4.36 Å². The van der Waals surface area contributed by atoms with Crippen LogP contribution < -0.4 is 15.4 Å². The molecule has 0 bridgehead atoms. The van der Waals surface area contributed by atoms with E-state index in [4.69, 9.17) is 17.2 Å². The van der Waals surface area contributed by atoms with Gasteiger partial charge in [0.15, 0.2) is 6.61 Å². The Morgan fingerprint density at radius 1 is 1.30 bits per heavy atom. The standard InChI is InChI=1S/C21H22FN5O2S/c1-4-13(3)25-19(28)10-29-18-8-14(22)5-6-16(18)26-21-20-12(2)7-15(27-30)9-17(20)23-11-24-21/h5-9,11,13H,4,10H2,1-3H3,(H,25,28)(H,23,24,26). The third-order valence-electron chi connectivity index (χ3n) is 4.60. The molecular formula is C21H22FN5O2S. The van der Waals surface area contributed by atoms with Gasteiger partial charge in [-0.1, -0.05) is 6.92 Å². The number of fused-ring (bicyclic) bond motifs is 1. The van der Waals surface area contributed by atoms with Crippen molar-refractivity contribution in [2.45, 2.75) is 33.2 Å². The van der Waals surface area contributed by atoms with Gasteiger partial charge >= 0.3 is 0 Å². The molecule has 30 heavy (non-hydrogen) atoms. The number of carbonyl (C=O) groups excluding carboxylic acids is 1. The van der Waals surface area contributed by atoms with E-state index in [1.807, 2.05) is 26.8 Å². The molecule has 2 N–H and O–H groups in total. The van der Waals surface area contributed by atoms with Gasteiger partial charge in [-0.3, -0.25) is 4.79 Å². The van der Waals surface area contributed by atoms with Gasteiger partial charge in [-0.05, 0) is 50.1 Å². The van der Waals surface area contributed by atoms with Crippen LogP contribution in [0.2, 0.25) is 0 Å². The lowest BCUT2D eigenvalue weighted by atomic mass is 10.1. The molecule has 0 radical (unpaired) electrons. The topological polar surface area (TPSA) is 88.5 Å². The third-order valence-corrected chi connectivity index (χ3v) is 4.81. The van der Waals surface area contributed by atoms with Crippen LogP contribution in [0.1, 0.15) is 25.8 Å². The number of benzene rings is 2. The number of nitrogens with zero attached hydrogens (tertiary/aromatic N) is 3. The zero-order valence-corrected chi connectivity index (χ0v) is 17.7. The van der Waals surface area contributed by atoms with Crippen LogP contribution in [0.15, 0.2) is 41.0 Å². The molecule has 2 aromatic carbocycles. The molecule has 3 rings (SSSR count). The maximum Gasteiger partial charge on any atom is 0.258 e. The summed E-state index contributed by atoms with van der Waals surface area (Å²) in [4.78, 5) is 20.6. The molecule has 0 aliphatic heterocycles. The number of nitrogens with one attached hydrogen (secondary N) is 2. The van der Waals surface area contributed by atoms with Crippen molar-refractivity contribution in [1.29, 1.82) is 0 Å². The minimum absolute atomic E-state index is 0.0355. The van der Waals surface area contributed by atoms with Crippen molar-refractivity contribution in [3.05, 3.63) is 48.0 Å². The lowest BCUT2D eigenvalue weighted by Crippen LogP contribution is -2.35. The van der Waals surface area contributed by atoms with Gasteiger partial charge in [0, 0.05) is 29.9 Å². The van der Waals surface area contributed by atoms with Crippen molar-refractivity contribution in [3.63, 3.8) is 0 Å². The van der Waals surface area contributed by atoms with Gasteiger partial charge in [-0.15, -0.1) is 0 Å². The number of ether oxygens (including phenoxy) is 1. The molecule has 1 atom stereocenters. The molecule has 3 aromatic rings. The predicted molar refractivity (Wildman–Crippen MR) is 117 cm³/mol. The van der Waals surface area contributed by atoms with E-state index in [1.165, 1.54) is 24.5 Å². The van der Waals surface area contributed by atoms with E-state index < -0.39 is 5.82 Å². The van der Waals surface area contributed by atoms with Crippen LogP contribution in [-0.4, -0.2) is 28.5 Å². The highest BCUT2D eigenvalue weighted by Gasteiger charge is 2.14. The largest absolute Gasteiger partial charge is 0.481 e. The van der Waals surface area contributed by atoms with Gasteiger partial charge < -0.3 is 15.4 Å². The number of aromatic nitrogens is 2. The number of halogens is 1. The number of aryl methyl sites for hydroxylation is 1. The Balaban J connectivity index is 1.89. The minimum atomic E-state index is -0.474. The Morgan fingerprint density at radius 3 is 2.83 bits per heavy atom. The van der Waals surface area contributed by atoms with Crippen molar-refractivity contribution < 1.29 is 13.9 Å². The summed E-state index contributed by atoms with van der Waals surface area (Å²) in [6.45, 7) is 5.55. The summed E-state index contributed by atoms with van der Waals surface area (Å²) in [5.41, 5.74) is 2.67. The van der Waals surface area contributed by atoms with Crippen LogP contribution in [0.3, 0.4) is 0 Å². The van der Waals surface area contributed by atoms with E-state index in [2.05, 4.69) is 25.0 Å². The zero-order chi connectivity index (χ0) is 21.7. The number of hydrogen-bond acceptors (Lipinski definition) is 7. The molecule has 0 fully saturated rings. The summed E-state index contributed by atoms with van der Waals surface area (Å²) >= 11 is 4.77. The van der Waals surface area contributed by atoms with Gasteiger partial charge in [0.2, 0.25) is 0 Å². The molecule has 0 aliphatic carbocycles. The second-order valence-corrected chi connectivity index (χ2v) is 7.08. The molecule has 1 heterocycles. The van der Waals surface area contributed by atoms with E-state index in [-0.39, 0.29) is 24.3 Å². The first kappa shape index (κ1) is 21.5. The predicted octanol–water partition coefficient (Wildman–Crippen LogP) is 4.48. The van der Waals surface area contributed by atoms with Gasteiger partial charge in [0.25, 0.3) is 5.91 Å². The SMILES string of the molecule is CCC(C)NC(=O)COc1cc(F)ccc1Nc1ncnc2cc(N=S)cc(C)c12. The fraction of sp³-hybridized carbons (Fsp3) is 0.286. The van der Waals surface area contributed by atoms with E-state index in [9.17, 15) is 9.18 Å². The summed E-state index contributed by atoms with van der Waals surface area (Å²) in [5.74, 6) is -0.0220.